The van der Waals surface area contributed by atoms with Gasteiger partial charge in [0.2, 0.25) is 0 Å². The molecule has 18 heavy (non-hydrogen) atoms. The molecule has 1 fully saturated rings. The van der Waals surface area contributed by atoms with Crippen molar-refractivity contribution in [2.24, 2.45) is 5.41 Å². The van der Waals surface area contributed by atoms with Crippen molar-refractivity contribution in [2.75, 3.05) is 0 Å². The minimum absolute atomic E-state index is 0.226. The van der Waals surface area contributed by atoms with E-state index in [1.807, 2.05) is 27.7 Å². The predicted octanol–water partition coefficient (Wildman–Crippen LogP) is 2.74. The van der Waals surface area contributed by atoms with Crippen molar-refractivity contribution >= 4 is 5.91 Å². The lowest BCUT2D eigenvalue weighted by Crippen LogP contribution is -2.54. The van der Waals surface area contributed by atoms with Crippen molar-refractivity contribution in [3.8, 4) is 0 Å². The summed E-state index contributed by atoms with van der Waals surface area (Å²) in [6, 6.07) is -0.434. The van der Waals surface area contributed by atoms with Crippen molar-refractivity contribution in [2.45, 2.75) is 71.6 Å². The highest BCUT2D eigenvalue weighted by atomic mass is 19.3. The zero-order chi connectivity index (χ0) is 14.1. The number of nitrogens with one attached hydrogen (secondary N) is 1. The van der Waals surface area contributed by atoms with Gasteiger partial charge in [0, 0.05) is 6.92 Å². The lowest BCUT2D eigenvalue weighted by atomic mass is 9.83. The van der Waals surface area contributed by atoms with E-state index in [1.54, 1.807) is 0 Å². The van der Waals surface area contributed by atoms with Crippen LogP contribution in [0.25, 0.3) is 0 Å². The largest absolute Gasteiger partial charge is 0.373 e. The minimum Gasteiger partial charge on any atom is -0.373 e. The molecule has 1 aliphatic carbocycles. The fourth-order valence-electron chi connectivity index (χ4n) is 1.89. The molecule has 5 heteroatoms. The van der Waals surface area contributed by atoms with Crippen LogP contribution in [0.4, 0.5) is 8.78 Å². The molecule has 0 heterocycles. The molecule has 0 spiro atoms. The molecule has 2 unspecified atom stereocenters. The monoisotopic (exact) mass is 263 g/mol. The molecule has 1 aliphatic rings. The van der Waals surface area contributed by atoms with Crippen molar-refractivity contribution in [1.29, 1.82) is 0 Å². The minimum atomic E-state index is -3.36. The molecule has 0 bridgehead atoms. The Morgan fingerprint density at radius 2 is 1.78 bits per heavy atom. The summed E-state index contributed by atoms with van der Waals surface area (Å²) in [5.74, 6) is -4.60. The first-order valence-corrected chi connectivity index (χ1v) is 6.36. The van der Waals surface area contributed by atoms with E-state index in [4.69, 9.17) is 4.74 Å². The summed E-state index contributed by atoms with van der Waals surface area (Å²) in [4.78, 5) is 11.4. The zero-order valence-corrected chi connectivity index (χ0v) is 11.7. The maximum atomic E-state index is 12.9. The summed E-state index contributed by atoms with van der Waals surface area (Å²) in [6.45, 7) is 8.13. The summed E-state index contributed by atoms with van der Waals surface area (Å²) >= 11 is 0. The van der Waals surface area contributed by atoms with Crippen LogP contribution < -0.4 is 5.32 Å². The van der Waals surface area contributed by atoms with Crippen LogP contribution in [-0.2, 0) is 9.53 Å². The molecule has 0 radical (unpaired) electrons. The molecular formula is C13H23F2NO2. The molecule has 106 valence electrons. The zero-order valence-electron chi connectivity index (χ0n) is 11.7. The van der Waals surface area contributed by atoms with Gasteiger partial charge in [-0.2, -0.15) is 8.78 Å². The van der Waals surface area contributed by atoms with Gasteiger partial charge in [-0.05, 0) is 25.2 Å². The number of carbonyl (C=O) groups excluding carboxylic acids is 1. The summed E-state index contributed by atoms with van der Waals surface area (Å²) in [5.41, 5.74) is -0.338. The van der Waals surface area contributed by atoms with Gasteiger partial charge in [-0.15, -0.1) is 0 Å². The van der Waals surface area contributed by atoms with Crippen LogP contribution >= 0.6 is 0 Å². The van der Waals surface area contributed by atoms with Crippen LogP contribution in [0.15, 0.2) is 0 Å². The predicted molar refractivity (Wildman–Crippen MR) is 65.6 cm³/mol. The Hall–Kier alpha value is -0.710. The standard InChI is InChI=1S/C13H23F2NO2/c1-8(18-9-6-7-9)10(12(2,3)4)16-11(17)13(5,14)15/h8-10H,6-7H2,1-5H3,(H,16,17). The maximum absolute atomic E-state index is 12.9. The second-order valence-corrected chi connectivity index (χ2v) is 6.25. The normalized spacial score (nSPS) is 20.4. The van der Waals surface area contributed by atoms with E-state index in [9.17, 15) is 13.6 Å². The number of hydrogen-bond acceptors (Lipinski definition) is 2. The average Bonchev–Trinajstić information content (AvgIpc) is 2.93. The van der Waals surface area contributed by atoms with Crippen molar-refractivity contribution in [3.05, 3.63) is 0 Å². The van der Waals surface area contributed by atoms with Crippen LogP contribution in [-0.4, -0.2) is 30.1 Å². The Kier molecular flexibility index (Phi) is 4.36. The first-order valence-electron chi connectivity index (χ1n) is 6.36. The van der Waals surface area contributed by atoms with E-state index < -0.39 is 17.9 Å². The van der Waals surface area contributed by atoms with E-state index in [2.05, 4.69) is 5.32 Å². The molecule has 2 atom stereocenters. The summed E-state index contributed by atoms with van der Waals surface area (Å²) in [5, 5.41) is 2.42. The number of halogens is 2. The van der Waals surface area contributed by atoms with Crippen LogP contribution in [0.2, 0.25) is 0 Å². The highest BCUT2D eigenvalue weighted by molar-refractivity contribution is 5.83. The Morgan fingerprint density at radius 1 is 1.28 bits per heavy atom. The van der Waals surface area contributed by atoms with Gasteiger partial charge in [-0.1, -0.05) is 20.8 Å². The van der Waals surface area contributed by atoms with Gasteiger partial charge < -0.3 is 10.1 Å². The molecular weight excluding hydrogens is 240 g/mol. The van der Waals surface area contributed by atoms with E-state index in [1.165, 1.54) is 0 Å². The van der Waals surface area contributed by atoms with Crippen LogP contribution in [0.3, 0.4) is 0 Å². The SMILES string of the molecule is CC(OC1CC1)C(NC(=O)C(C)(F)F)C(C)(C)C. The van der Waals surface area contributed by atoms with Crippen molar-refractivity contribution < 1.29 is 18.3 Å². The second kappa shape index (κ2) is 5.11. The first kappa shape index (κ1) is 15.3. The maximum Gasteiger partial charge on any atom is 0.321 e. The van der Waals surface area contributed by atoms with E-state index in [-0.39, 0.29) is 17.6 Å². The second-order valence-electron chi connectivity index (χ2n) is 6.25. The number of ether oxygens (including phenoxy) is 1. The summed E-state index contributed by atoms with van der Waals surface area (Å²) < 4.78 is 31.6. The first-order chi connectivity index (χ1) is 8.01. The van der Waals surface area contributed by atoms with Gasteiger partial charge in [-0.3, -0.25) is 4.79 Å². The summed E-state index contributed by atoms with van der Waals surface area (Å²) in [7, 11) is 0. The molecule has 3 nitrogen and oxygen atoms in total. The van der Waals surface area contributed by atoms with E-state index in [0.29, 0.717) is 6.92 Å². The molecule has 1 rings (SSSR count). The topological polar surface area (TPSA) is 38.3 Å². The molecule has 0 aromatic heterocycles. The number of alkyl halides is 2. The van der Waals surface area contributed by atoms with E-state index >= 15 is 0 Å². The van der Waals surface area contributed by atoms with Crippen LogP contribution in [0.1, 0.15) is 47.5 Å². The average molecular weight is 263 g/mol. The number of amides is 1. The van der Waals surface area contributed by atoms with Gasteiger partial charge in [0.05, 0.1) is 18.2 Å². The third-order valence-electron chi connectivity index (χ3n) is 3.02. The van der Waals surface area contributed by atoms with E-state index in [0.717, 1.165) is 12.8 Å². The number of hydrogen-bond donors (Lipinski definition) is 1. The van der Waals surface area contributed by atoms with Gasteiger partial charge in [-0.25, -0.2) is 0 Å². The quantitative estimate of drug-likeness (QED) is 0.828. The Balaban J connectivity index is 2.69. The number of rotatable bonds is 5. The molecule has 0 aromatic carbocycles. The van der Waals surface area contributed by atoms with Gasteiger partial charge in [0.15, 0.2) is 0 Å². The summed E-state index contributed by atoms with van der Waals surface area (Å²) in [6.07, 6.45) is 1.98. The van der Waals surface area contributed by atoms with Gasteiger partial charge in [0.1, 0.15) is 0 Å². The Morgan fingerprint density at radius 3 is 2.11 bits per heavy atom. The van der Waals surface area contributed by atoms with Crippen LogP contribution in [0, 0.1) is 5.41 Å². The molecule has 1 amide bonds. The molecule has 1 saturated carbocycles. The van der Waals surface area contributed by atoms with Gasteiger partial charge in [0.25, 0.3) is 5.91 Å². The third-order valence-corrected chi connectivity index (χ3v) is 3.02. The third kappa shape index (κ3) is 4.52. The lowest BCUT2D eigenvalue weighted by Gasteiger charge is -2.36. The highest BCUT2D eigenvalue weighted by Gasteiger charge is 2.40. The Bertz CT molecular complexity index is 303. The fraction of sp³-hybridized carbons (Fsp3) is 0.923. The lowest BCUT2D eigenvalue weighted by molar-refractivity contribution is -0.146. The van der Waals surface area contributed by atoms with Gasteiger partial charge >= 0.3 is 5.92 Å². The molecule has 0 aliphatic heterocycles. The fourth-order valence-corrected chi connectivity index (χ4v) is 1.89. The molecule has 0 aromatic rings. The smallest absolute Gasteiger partial charge is 0.321 e. The van der Waals surface area contributed by atoms with Crippen molar-refractivity contribution in [1.82, 2.24) is 5.32 Å². The Labute approximate surface area is 107 Å². The number of carbonyl (C=O) groups is 1. The molecule has 0 saturated heterocycles. The van der Waals surface area contributed by atoms with Crippen LogP contribution in [0.5, 0.6) is 0 Å². The molecule has 1 N–H and O–H groups in total. The van der Waals surface area contributed by atoms with Crippen molar-refractivity contribution in [3.63, 3.8) is 0 Å². The highest BCUT2D eigenvalue weighted by Crippen LogP contribution is 2.30.